The van der Waals surface area contributed by atoms with Crippen molar-refractivity contribution >= 4 is 79.4 Å². The summed E-state index contributed by atoms with van der Waals surface area (Å²) in [5, 5.41) is 22.8. The minimum atomic E-state index is -4.12. The highest BCUT2D eigenvalue weighted by molar-refractivity contribution is 7.94. The first-order chi connectivity index (χ1) is 13.2. The van der Waals surface area contributed by atoms with Crippen LogP contribution in [0.3, 0.4) is 0 Å². The van der Waals surface area contributed by atoms with E-state index in [2.05, 4.69) is 28.3 Å². The van der Waals surface area contributed by atoms with Crippen LogP contribution in [-0.4, -0.2) is 22.3 Å². The Balaban J connectivity index is 2.18. The summed E-state index contributed by atoms with van der Waals surface area (Å²) in [4.78, 5) is 3.89. The number of rotatable bonds is 6. The molecule has 0 fully saturated rings. The van der Waals surface area contributed by atoms with Crippen molar-refractivity contribution in [3.05, 3.63) is 28.2 Å². The molecule has 11 nitrogen and oxygen atoms in total. The van der Waals surface area contributed by atoms with Crippen molar-refractivity contribution in [3.8, 4) is 5.75 Å². The number of halogens is 2. The number of benzene rings is 2. The Morgan fingerprint density at radius 1 is 1.14 bits per heavy atom. The van der Waals surface area contributed by atoms with Gasteiger partial charge in [-0.05, 0) is 18.2 Å². The van der Waals surface area contributed by atoms with Crippen molar-refractivity contribution in [1.29, 1.82) is 0 Å². The molecule has 3 rings (SSSR count). The average Bonchev–Trinajstić information content (AvgIpc) is 3.10. The molecule has 0 amide bonds. The molecule has 28 heavy (non-hydrogen) atoms. The van der Waals surface area contributed by atoms with Gasteiger partial charge in [-0.1, -0.05) is 23.2 Å². The Morgan fingerprint density at radius 3 is 2.39 bits per heavy atom. The summed E-state index contributed by atoms with van der Waals surface area (Å²) in [6.07, 6.45) is 0. The maximum atomic E-state index is 11.9. The summed E-state index contributed by atoms with van der Waals surface area (Å²) < 4.78 is 36.3. The van der Waals surface area contributed by atoms with Gasteiger partial charge < -0.3 is 5.11 Å². The quantitative estimate of drug-likeness (QED) is 0.205. The number of azo groups is 1. The van der Waals surface area contributed by atoms with Gasteiger partial charge in [0.05, 0.1) is 44.4 Å². The normalized spacial score (nSPS) is 12.3. The first-order valence-electron chi connectivity index (χ1n) is 6.84. The molecule has 0 saturated carbocycles. The van der Waals surface area contributed by atoms with E-state index in [-0.39, 0.29) is 48.0 Å². The second-order valence-electron chi connectivity index (χ2n) is 4.93. The van der Waals surface area contributed by atoms with E-state index >= 15 is 0 Å². The molecule has 5 N–H and O–H groups in total. The van der Waals surface area contributed by atoms with Crippen LogP contribution < -0.4 is 11.0 Å². The molecule has 0 unspecified atom stereocenters. The van der Waals surface area contributed by atoms with Crippen LogP contribution in [0.4, 0.5) is 11.4 Å². The molecule has 16 heteroatoms. The monoisotopic (exact) mass is 482 g/mol. The lowest BCUT2D eigenvalue weighted by molar-refractivity contribution is -0.195. The predicted molar refractivity (Wildman–Crippen MR) is 103 cm³/mol. The van der Waals surface area contributed by atoms with E-state index in [1.165, 1.54) is 18.2 Å². The fourth-order valence-electron chi connectivity index (χ4n) is 2.03. The number of primary sulfonamides is 1. The molecule has 2 aromatic carbocycles. The summed E-state index contributed by atoms with van der Waals surface area (Å²) in [6.45, 7) is 0. The van der Waals surface area contributed by atoms with Gasteiger partial charge in [-0.3, -0.25) is 0 Å². The zero-order valence-corrected chi connectivity index (χ0v) is 17.2. The molecule has 0 radical (unpaired) electrons. The zero-order chi connectivity index (χ0) is 20.5. The standard InChI is InChI=1S/C12H8Cl2N6O5S3/c13-5-1-4(2-6(14)12(5)21)17-18-9-7(26-25-24-15)3-8(28(16,22)23)10-11(9)20-27-19-10/h1-3,21H,15H2,(H2,16,22,23). The van der Waals surface area contributed by atoms with E-state index in [0.717, 1.165) is 11.7 Å². The minimum Gasteiger partial charge on any atom is -0.505 e. The summed E-state index contributed by atoms with van der Waals surface area (Å²) in [5.74, 6) is 4.54. The van der Waals surface area contributed by atoms with Gasteiger partial charge in [0.15, 0.2) is 5.75 Å². The van der Waals surface area contributed by atoms with Crippen LogP contribution in [0.15, 0.2) is 38.2 Å². The lowest BCUT2D eigenvalue weighted by Crippen LogP contribution is -2.13. The number of sulfonamides is 1. The Hall–Kier alpha value is -1.62. The number of phenols is 1. The fourth-order valence-corrected chi connectivity index (χ4v) is 4.39. The number of hydrogen-bond donors (Lipinski definition) is 3. The van der Waals surface area contributed by atoms with Crippen molar-refractivity contribution < 1.29 is 22.8 Å². The van der Waals surface area contributed by atoms with Crippen LogP contribution >= 0.6 is 47.0 Å². The van der Waals surface area contributed by atoms with Crippen LogP contribution in [0, 0.1) is 0 Å². The minimum absolute atomic E-state index is 0.0150. The average molecular weight is 483 g/mol. The summed E-state index contributed by atoms with van der Waals surface area (Å²) in [6, 6.07) is 3.83. The first-order valence-corrected chi connectivity index (χ1v) is 10.6. The fraction of sp³-hybridized carbons (Fsp3) is 0. The van der Waals surface area contributed by atoms with E-state index in [9.17, 15) is 13.5 Å². The smallest absolute Gasteiger partial charge is 0.240 e. The van der Waals surface area contributed by atoms with Gasteiger partial charge in [-0.2, -0.15) is 19.8 Å². The highest BCUT2D eigenvalue weighted by atomic mass is 35.5. The number of nitrogens with zero attached hydrogens (tertiary/aromatic N) is 4. The van der Waals surface area contributed by atoms with Gasteiger partial charge in [0.2, 0.25) is 10.0 Å². The lowest BCUT2D eigenvalue weighted by atomic mass is 10.2. The topological polar surface area (TPSA) is 175 Å². The molecule has 0 saturated heterocycles. The van der Waals surface area contributed by atoms with Crippen molar-refractivity contribution in [3.63, 3.8) is 0 Å². The Kier molecular flexibility index (Phi) is 6.33. The number of aromatic nitrogens is 2. The largest absolute Gasteiger partial charge is 0.505 e. The molecule has 1 aromatic heterocycles. The lowest BCUT2D eigenvalue weighted by Gasteiger charge is -2.07. The molecule has 3 aromatic rings. The molecule has 0 bridgehead atoms. The molecular weight excluding hydrogens is 475 g/mol. The van der Waals surface area contributed by atoms with E-state index in [0.29, 0.717) is 12.0 Å². The van der Waals surface area contributed by atoms with Gasteiger partial charge >= 0.3 is 0 Å². The Bertz CT molecular complexity index is 1160. The molecule has 148 valence electrons. The molecule has 1 heterocycles. The van der Waals surface area contributed by atoms with Crippen LogP contribution in [0.1, 0.15) is 0 Å². The third-order valence-electron chi connectivity index (χ3n) is 3.18. The van der Waals surface area contributed by atoms with E-state index < -0.39 is 10.0 Å². The molecule has 0 atom stereocenters. The summed E-state index contributed by atoms with van der Waals surface area (Å²) in [7, 11) is -4.12. The van der Waals surface area contributed by atoms with Crippen LogP contribution in [-0.2, 0) is 19.3 Å². The molecule has 0 aliphatic carbocycles. The van der Waals surface area contributed by atoms with Crippen molar-refractivity contribution in [1.82, 2.24) is 8.75 Å². The number of hydrogen-bond acceptors (Lipinski definition) is 12. The third kappa shape index (κ3) is 4.35. The van der Waals surface area contributed by atoms with Crippen LogP contribution in [0.25, 0.3) is 11.0 Å². The maximum absolute atomic E-state index is 11.9. The van der Waals surface area contributed by atoms with Crippen molar-refractivity contribution in [2.24, 2.45) is 21.3 Å². The molecular formula is C12H8Cl2N6O5S3. The van der Waals surface area contributed by atoms with Gasteiger partial charge in [0, 0.05) is 0 Å². The highest BCUT2D eigenvalue weighted by Crippen LogP contribution is 2.41. The van der Waals surface area contributed by atoms with E-state index in [1.54, 1.807) is 0 Å². The van der Waals surface area contributed by atoms with Gasteiger partial charge in [-0.15, -0.1) is 14.4 Å². The molecule has 0 spiro atoms. The second kappa shape index (κ2) is 8.40. The Morgan fingerprint density at radius 2 is 1.79 bits per heavy atom. The van der Waals surface area contributed by atoms with Gasteiger partial charge in [-0.25, -0.2) is 13.6 Å². The Labute approximate surface area is 175 Å². The van der Waals surface area contributed by atoms with Gasteiger partial charge in [0.25, 0.3) is 0 Å². The van der Waals surface area contributed by atoms with Crippen molar-refractivity contribution in [2.75, 3.05) is 0 Å². The van der Waals surface area contributed by atoms with Gasteiger partial charge in [0.1, 0.15) is 21.6 Å². The van der Waals surface area contributed by atoms with E-state index in [1.807, 2.05) is 0 Å². The predicted octanol–water partition coefficient (Wildman–Crippen LogP) is 3.60. The van der Waals surface area contributed by atoms with E-state index in [4.69, 9.17) is 34.2 Å². The SMILES string of the molecule is NOOSc1cc(S(N)(=O)=O)c2nsnc2c1N=Nc1cc(Cl)c(O)c(Cl)c1. The highest BCUT2D eigenvalue weighted by Gasteiger charge is 2.23. The summed E-state index contributed by atoms with van der Waals surface area (Å²) >= 11 is 13.0. The zero-order valence-electron chi connectivity index (χ0n) is 13.2. The molecule has 0 aliphatic rings. The maximum Gasteiger partial charge on any atom is 0.240 e. The molecule has 0 aliphatic heterocycles. The number of aromatic hydroxyl groups is 1. The van der Waals surface area contributed by atoms with Crippen molar-refractivity contribution in [2.45, 2.75) is 9.79 Å². The first kappa shape index (κ1) is 21.1. The number of nitrogens with two attached hydrogens (primary N) is 2. The van der Waals surface area contributed by atoms with Crippen LogP contribution in [0.2, 0.25) is 10.0 Å². The second-order valence-corrected chi connectivity index (χ2v) is 8.55. The third-order valence-corrected chi connectivity index (χ3v) is 5.84. The number of fused-ring (bicyclic) bond motifs is 1. The number of phenolic OH excluding ortho intramolecular Hbond substituents is 1. The summed E-state index contributed by atoms with van der Waals surface area (Å²) in [5.41, 5.74) is 0.450. The van der Waals surface area contributed by atoms with Crippen LogP contribution in [0.5, 0.6) is 5.75 Å².